The molecule has 1 unspecified atom stereocenters. The lowest BCUT2D eigenvalue weighted by molar-refractivity contribution is -0.129. The van der Waals surface area contributed by atoms with E-state index in [4.69, 9.17) is 14.7 Å². The lowest BCUT2D eigenvalue weighted by Crippen LogP contribution is -2.41. The summed E-state index contributed by atoms with van der Waals surface area (Å²) >= 11 is 0. The number of halogens is 1. The van der Waals surface area contributed by atoms with Crippen LogP contribution in [0.1, 0.15) is 25.0 Å². The Hall–Kier alpha value is -3.92. The van der Waals surface area contributed by atoms with Crippen LogP contribution in [0.5, 0.6) is 11.5 Å². The molecular formula is C26H26FN3O5S. The molecule has 0 aliphatic carbocycles. The van der Waals surface area contributed by atoms with Crippen LogP contribution in [0.25, 0.3) is 11.1 Å². The second-order valence-electron chi connectivity index (χ2n) is 8.62. The fourth-order valence-electron chi connectivity index (χ4n) is 3.95. The van der Waals surface area contributed by atoms with Gasteiger partial charge in [-0.25, -0.2) is 9.38 Å². The average molecular weight is 512 g/mol. The Labute approximate surface area is 209 Å². The number of ether oxygens (including phenoxy) is 1. The summed E-state index contributed by atoms with van der Waals surface area (Å²) in [4.78, 5) is 19.3. The van der Waals surface area contributed by atoms with Crippen molar-refractivity contribution in [3.63, 3.8) is 0 Å². The largest absolute Gasteiger partial charge is 0.497 e. The predicted molar refractivity (Wildman–Crippen MR) is 135 cm³/mol. The first-order valence-corrected chi connectivity index (χ1v) is 12.6. The third-order valence-corrected chi connectivity index (χ3v) is 7.63. The highest BCUT2D eigenvalue weighted by atomic mass is 32.2. The van der Waals surface area contributed by atoms with Crippen LogP contribution >= 0.6 is 0 Å². The minimum absolute atomic E-state index is 0.0202. The molecule has 1 aliphatic rings. The zero-order valence-corrected chi connectivity index (χ0v) is 21.0. The van der Waals surface area contributed by atoms with Gasteiger partial charge in [0.15, 0.2) is 11.5 Å². The number of hydrogen-bond donors (Lipinski definition) is 1. The molecule has 188 valence electrons. The molecule has 2 N–H and O–H groups in total. The van der Waals surface area contributed by atoms with Crippen molar-refractivity contribution in [2.45, 2.75) is 24.6 Å². The lowest BCUT2D eigenvalue weighted by atomic mass is 9.81. The zero-order chi connectivity index (χ0) is 26.3. The molecule has 0 saturated carbocycles. The number of guanidine groups is 1. The van der Waals surface area contributed by atoms with Crippen LogP contribution in [0, 0.1) is 5.82 Å². The van der Waals surface area contributed by atoms with Gasteiger partial charge >= 0.3 is 10.1 Å². The van der Waals surface area contributed by atoms with Crippen molar-refractivity contribution in [1.82, 2.24) is 4.90 Å². The number of nitrogens with zero attached hydrogens (tertiary/aromatic N) is 2. The van der Waals surface area contributed by atoms with E-state index in [9.17, 15) is 17.6 Å². The van der Waals surface area contributed by atoms with Gasteiger partial charge in [0.25, 0.3) is 5.91 Å². The third-order valence-electron chi connectivity index (χ3n) is 6.05. The van der Waals surface area contributed by atoms with Gasteiger partial charge in [-0.1, -0.05) is 30.3 Å². The Bertz CT molecular complexity index is 1470. The van der Waals surface area contributed by atoms with Gasteiger partial charge in [0, 0.05) is 12.6 Å². The maximum absolute atomic E-state index is 15.0. The van der Waals surface area contributed by atoms with E-state index in [0.29, 0.717) is 22.4 Å². The lowest BCUT2D eigenvalue weighted by Gasteiger charge is -2.27. The standard InChI is InChI=1S/C26H26FN3O5S/c1-16(2)36(32,33)35-21-10-6-8-18(14-21)26(24(31)30(3)25(28)29-26)19-11-12-23(27)22(15-19)17-7-5-9-20(13-17)34-4/h5-16H,1-4H3,(H2,28,29). The van der Waals surface area contributed by atoms with Crippen molar-refractivity contribution in [3.05, 3.63) is 83.7 Å². The quantitative estimate of drug-likeness (QED) is 0.485. The van der Waals surface area contributed by atoms with E-state index in [2.05, 4.69) is 4.99 Å². The molecule has 0 fully saturated rings. The highest BCUT2D eigenvalue weighted by molar-refractivity contribution is 7.87. The van der Waals surface area contributed by atoms with Crippen molar-refractivity contribution in [3.8, 4) is 22.6 Å². The third kappa shape index (κ3) is 4.28. The minimum atomic E-state index is -3.88. The minimum Gasteiger partial charge on any atom is -0.497 e. The van der Waals surface area contributed by atoms with Crippen LogP contribution in [-0.2, 0) is 20.5 Å². The van der Waals surface area contributed by atoms with Crippen molar-refractivity contribution in [2.24, 2.45) is 10.7 Å². The average Bonchev–Trinajstić information content (AvgIpc) is 3.09. The first-order valence-electron chi connectivity index (χ1n) is 11.1. The maximum Gasteiger partial charge on any atom is 0.311 e. The van der Waals surface area contributed by atoms with E-state index >= 15 is 0 Å². The topological polar surface area (TPSA) is 111 Å². The number of benzene rings is 3. The molecule has 0 aromatic heterocycles. The first kappa shape index (κ1) is 25.2. The second kappa shape index (κ2) is 9.27. The molecular weight excluding hydrogens is 485 g/mol. The van der Waals surface area contributed by atoms with Crippen LogP contribution in [0.2, 0.25) is 0 Å². The molecule has 0 spiro atoms. The van der Waals surface area contributed by atoms with Crippen molar-refractivity contribution >= 4 is 22.0 Å². The molecule has 10 heteroatoms. The number of nitrogens with two attached hydrogens (primary N) is 1. The van der Waals surface area contributed by atoms with Crippen molar-refractivity contribution in [1.29, 1.82) is 0 Å². The molecule has 1 heterocycles. The number of carbonyl (C=O) groups is 1. The van der Waals surface area contributed by atoms with Gasteiger partial charge in [0.1, 0.15) is 17.3 Å². The summed E-state index contributed by atoms with van der Waals surface area (Å²) in [5.41, 5.74) is 5.82. The summed E-state index contributed by atoms with van der Waals surface area (Å²) < 4.78 is 50.2. The fourth-order valence-corrected chi connectivity index (χ4v) is 4.51. The Morgan fingerprint density at radius 1 is 1.00 bits per heavy atom. The smallest absolute Gasteiger partial charge is 0.311 e. The van der Waals surface area contributed by atoms with Gasteiger partial charge < -0.3 is 14.7 Å². The van der Waals surface area contributed by atoms with Gasteiger partial charge in [0.2, 0.25) is 0 Å². The van der Waals surface area contributed by atoms with E-state index in [1.807, 2.05) is 0 Å². The van der Waals surface area contributed by atoms with Gasteiger partial charge in [-0.15, -0.1) is 0 Å². The van der Waals surface area contributed by atoms with E-state index in [1.165, 1.54) is 63.2 Å². The number of carbonyl (C=O) groups excluding carboxylic acids is 1. The van der Waals surface area contributed by atoms with Crippen LogP contribution in [-0.4, -0.2) is 44.6 Å². The number of hydrogen-bond acceptors (Lipinski definition) is 7. The van der Waals surface area contributed by atoms with E-state index in [0.717, 1.165) is 0 Å². The normalized spacial score (nSPS) is 17.9. The molecule has 0 bridgehead atoms. The first-order chi connectivity index (χ1) is 17.0. The number of likely N-dealkylation sites (N-methyl/N-ethyl adjacent to an activating group) is 1. The molecule has 4 rings (SSSR count). The van der Waals surface area contributed by atoms with Gasteiger partial charge in [-0.05, 0) is 66.9 Å². The van der Waals surface area contributed by atoms with Crippen molar-refractivity contribution < 1.29 is 26.5 Å². The van der Waals surface area contributed by atoms with E-state index < -0.39 is 32.6 Å². The maximum atomic E-state index is 15.0. The van der Waals surface area contributed by atoms with Crippen LogP contribution in [0.15, 0.2) is 71.7 Å². The SMILES string of the molecule is COc1cccc(-c2cc(C3(c4cccc(OS(=O)(=O)C(C)C)c4)N=C(N)N(C)C3=O)ccc2F)c1. The van der Waals surface area contributed by atoms with Gasteiger partial charge in [-0.2, -0.15) is 8.42 Å². The molecule has 0 radical (unpaired) electrons. The highest BCUT2D eigenvalue weighted by Crippen LogP contribution is 2.42. The van der Waals surface area contributed by atoms with Crippen molar-refractivity contribution in [2.75, 3.05) is 14.2 Å². The summed E-state index contributed by atoms with van der Waals surface area (Å²) in [6, 6.07) is 17.2. The number of rotatable bonds is 7. The monoisotopic (exact) mass is 511 g/mol. The molecule has 8 nitrogen and oxygen atoms in total. The Kier molecular flexibility index (Phi) is 6.48. The number of amides is 1. The Balaban J connectivity index is 1.92. The summed E-state index contributed by atoms with van der Waals surface area (Å²) in [6.07, 6.45) is 0. The summed E-state index contributed by atoms with van der Waals surface area (Å²) in [6.45, 7) is 3.00. The van der Waals surface area contributed by atoms with Crippen LogP contribution in [0.4, 0.5) is 4.39 Å². The molecule has 0 saturated heterocycles. The zero-order valence-electron chi connectivity index (χ0n) is 20.2. The summed E-state index contributed by atoms with van der Waals surface area (Å²) in [7, 11) is -0.884. The number of aliphatic imine (C=N–C) groups is 1. The van der Waals surface area contributed by atoms with Crippen LogP contribution < -0.4 is 14.7 Å². The highest BCUT2D eigenvalue weighted by Gasteiger charge is 2.50. The summed E-state index contributed by atoms with van der Waals surface area (Å²) in [5, 5.41) is -0.773. The Morgan fingerprint density at radius 3 is 2.31 bits per heavy atom. The molecule has 36 heavy (non-hydrogen) atoms. The Morgan fingerprint density at radius 2 is 1.67 bits per heavy atom. The second-order valence-corrected chi connectivity index (χ2v) is 10.7. The van der Waals surface area contributed by atoms with Crippen LogP contribution in [0.3, 0.4) is 0 Å². The number of methoxy groups -OCH3 is 1. The summed E-state index contributed by atoms with van der Waals surface area (Å²) in [5.74, 6) is -0.451. The van der Waals surface area contributed by atoms with E-state index in [1.54, 1.807) is 36.4 Å². The molecule has 3 aromatic rings. The van der Waals surface area contributed by atoms with Gasteiger partial charge in [0.05, 0.1) is 12.4 Å². The predicted octanol–water partition coefficient (Wildman–Crippen LogP) is 3.65. The molecule has 1 amide bonds. The molecule has 3 aromatic carbocycles. The fraction of sp³-hybridized carbons (Fsp3) is 0.231. The molecule has 1 atom stereocenters. The molecule has 1 aliphatic heterocycles. The van der Waals surface area contributed by atoms with Gasteiger partial charge in [-0.3, -0.25) is 9.69 Å². The van der Waals surface area contributed by atoms with E-state index in [-0.39, 0.29) is 17.3 Å².